The van der Waals surface area contributed by atoms with Gasteiger partial charge in [0.15, 0.2) is 0 Å². The number of aliphatic hydroxyl groups excluding tert-OH is 1. The van der Waals surface area contributed by atoms with Gasteiger partial charge >= 0.3 is 0 Å². The lowest BCUT2D eigenvalue weighted by molar-refractivity contribution is 0.00794. The SMILES string of the molecule is [B]PO[C@@H]1C[C@H]([B])O[C@@H]1CO. The molecule has 1 N–H and O–H groups in total. The van der Waals surface area contributed by atoms with Gasteiger partial charge in [0.2, 0.25) is 0 Å². The van der Waals surface area contributed by atoms with E-state index in [0.29, 0.717) is 6.42 Å². The smallest absolute Gasteiger partial charge is 0.144 e. The van der Waals surface area contributed by atoms with Gasteiger partial charge in [-0.25, -0.2) is 0 Å². The van der Waals surface area contributed by atoms with Crippen LogP contribution >= 0.6 is 8.69 Å². The highest BCUT2D eigenvalue weighted by Gasteiger charge is 2.32. The molecule has 0 aromatic carbocycles. The average Bonchev–Trinajstić information content (AvgIpc) is 2.32. The summed E-state index contributed by atoms with van der Waals surface area (Å²) >= 11 is 0. The zero-order chi connectivity index (χ0) is 8.27. The molecular formula is C5H9B2O3P. The molecule has 58 valence electrons. The van der Waals surface area contributed by atoms with Crippen molar-refractivity contribution in [3.8, 4) is 0 Å². The number of aliphatic hydroxyl groups is 1. The highest BCUT2D eigenvalue weighted by molar-refractivity contribution is 7.62. The molecule has 0 bridgehead atoms. The molecule has 0 aromatic heterocycles. The normalized spacial score (nSPS) is 38.8. The molecular weight excluding hydrogens is 161 g/mol. The molecule has 1 fully saturated rings. The van der Waals surface area contributed by atoms with E-state index in [1.165, 1.54) is 0 Å². The first kappa shape index (κ1) is 9.53. The number of rotatable bonds is 3. The van der Waals surface area contributed by atoms with Gasteiger partial charge in [0, 0.05) is 6.00 Å². The molecule has 1 aliphatic heterocycles. The van der Waals surface area contributed by atoms with Gasteiger partial charge in [-0.3, -0.25) is 0 Å². The van der Waals surface area contributed by atoms with Crippen LogP contribution in [0.2, 0.25) is 0 Å². The van der Waals surface area contributed by atoms with Crippen LogP contribution < -0.4 is 0 Å². The van der Waals surface area contributed by atoms with Crippen LogP contribution in [0, 0.1) is 0 Å². The second-order valence-electron chi connectivity index (χ2n) is 2.41. The van der Waals surface area contributed by atoms with Crippen molar-refractivity contribution in [2.24, 2.45) is 0 Å². The lowest BCUT2D eigenvalue weighted by Crippen LogP contribution is -2.25. The Morgan fingerprint density at radius 1 is 1.73 bits per heavy atom. The Morgan fingerprint density at radius 3 is 3.00 bits per heavy atom. The lowest BCUT2D eigenvalue weighted by Gasteiger charge is -2.15. The molecule has 4 radical (unpaired) electrons. The summed E-state index contributed by atoms with van der Waals surface area (Å²) in [7, 11) is 10.6. The molecule has 0 saturated carbocycles. The topological polar surface area (TPSA) is 38.7 Å². The first-order valence-electron chi connectivity index (χ1n) is 3.41. The summed E-state index contributed by atoms with van der Waals surface area (Å²) in [4.78, 5) is 0. The second kappa shape index (κ2) is 4.46. The fourth-order valence-corrected chi connectivity index (χ4v) is 1.54. The standard InChI is InChI=1S/C5H9B2O3P/c6-5-1-3(10-11-7)4(2-8)9-5/h3-5,8,11H,1-2H2/t3-,4-,5-/m1/s1. The van der Waals surface area contributed by atoms with Crippen molar-refractivity contribution in [1.82, 2.24) is 0 Å². The van der Waals surface area contributed by atoms with Crippen LogP contribution in [0.15, 0.2) is 0 Å². The van der Waals surface area contributed by atoms with Crippen LogP contribution in [0.3, 0.4) is 0 Å². The van der Waals surface area contributed by atoms with Gasteiger partial charge in [0.25, 0.3) is 0 Å². The Morgan fingerprint density at radius 2 is 2.45 bits per heavy atom. The van der Waals surface area contributed by atoms with Gasteiger partial charge in [0.05, 0.1) is 12.7 Å². The van der Waals surface area contributed by atoms with E-state index in [0.717, 1.165) is 0 Å². The second-order valence-corrected chi connectivity index (χ2v) is 2.88. The molecule has 0 spiro atoms. The lowest BCUT2D eigenvalue weighted by atomic mass is 9.96. The van der Waals surface area contributed by atoms with Crippen LogP contribution in [0.4, 0.5) is 0 Å². The van der Waals surface area contributed by atoms with E-state index >= 15 is 0 Å². The summed E-state index contributed by atoms with van der Waals surface area (Å²) in [6.07, 6.45) is 0.162. The van der Waals surface area contributed by atoms with E-state index < -0.39 is 0 Å². The average molecular weight is 170 g/mol. The predicted molar refractivity (Wildman–Crippen MR) is 45.1 cm³/mol. The van der Waals surface area contributed by atoms with Crippen LogP contribution in [0.1, 0.15) is 6.42 Å². The van der Waals surface area contributed by atoms with E-state index in [1.54, 1.807) is 0 Å². The third kappa shape index (κ3) is 2.45. The van der Waals surface area contributed by atoms with Gasteiger partial charge in [-0.15, -0.1) is 0 Å². The third-order valence-electron chi connectivity index (χ3n) is 1.63. The van der Waals surface area contributed by atoms with E-state index in [-0.39, 0.29) is 33.5 Å². The minimum absolute atomic E-state index is 0.0666. The molecule has 4 atom stereocenters. The molecule has 1 saturated heterocycles. The van der Waals surface area contributed by atoms with E-state index in [4.69, 9.17) is 29.8 Å². The Hall–Kier alpha value is 0.440. The maximum absolute atomic E-state index is 8.78. The van der Waals surface area contributed by atoms with Crippen molar-refractivity contribution >= 4 is 24.1 Å². The Kier molecular flexibility index (Phi) is 3.86. The van der Waals surface area contributed by atoms with E-state index in [2.05, 4.69) is 0 Å². The largest absolute Gasteiger partial charge is 0.394 e. The first-order chi connectivity index (χ1) is 5.27. The fourth-order valence-electron chi connectivity index (χ4n) is 1.12. The molecule has 0 aliphatic carbocycles. The summed E-state index contributed by atoms with van der Waals surface area (Å²) < 4.78 is 10.2. The highest BCUT2D eigenvalue weighted by atomic mass is 31.1. The van der Waals surface area contributed by atoms with Crippen LogP contribution in [-0.2, 0) is 9.26 Å². The minimum Gasteiger partial charge on any atom is -0.394 e. The first-order valence-corrected chi connectivity index (χ1v) is 4.39. The van der Waals surface area contributed by atoms with Crippen molar-refractivity contribution in [2.75, 3.05) is 6.61 Å². The van der Waals surface area contributed by atoms with Gasteiger partial charge in [-0.05, 0) is 15.1 Å². The van der Waals surface area contributed by atoms with Crippen molar-refractivity contribution in [2.45, 2.75) is 24.6 Å². The van der Waals surface area contributed by atoms with Gasteiger partial charge in [-0.1, -0.05) is 0 Å². The molecule has 3 nitrogen and oxygen atoms in total. The summed E-state index contributed by atoms with van der Waals surface area (Å²) in [5, 5.41) is 8.78. The number of hydrogen-bond donors (Lipinski definition) is 1. The molecule has 0 aromatic rings. The third-order valence-corrected chi connectivity index (χ3v) is 2.07. The number of hydrogen-bond acceptors (Lipinski definition) is 3. The van der Waals surface area contributed by atoms with Gasteiger partial charge in [-0.2, -0.15) is 0 Å². The molecule has 11 heavy (non-hydrogen) atoms. The zero-order valence-electron chi connectivity index (χ0n) is 6.06. The van der Waals surface area contributed by atoms with Crippen molar-refractivity contribution in [3.63, 3.8) is 0 Å². The van der Waals surface area contributed by atoms with Crippen molar-refractivity contribution in [1.29, 1.82) is 0 Å². The molecule has 1 rings (SSSR count). The van der Waals surface area contributed by atoms with Gasteiger partial charge in [0.1, 0.15) is 21.5 Å². The van der Waals surface area contributed by atoms with Crippen molar-refractivity contribution in [3.05, 3.63) is 0 Å². The summed E-state index contributed by atoms with van der Waals surface area (Å²) in [5.74, 6) is 0. The fraction of sp³-hybridized carbons (Fsp3) is 1.00. The molecule has 1 unspecified atom stereocenters. The van der Waals surface area contributed by atoms with E-state index in [9.17, 15) is 0 Å². The van der Waals surface area contributed by atoms with Gasteiger partial charge < -0.3 is 14.4 Å². The Balaban J connectivity index is 2.37. The molecule has 0 amide bonds. The summed E-state index contributed by atoms with van der Waals surface area (Å²) in [6.45, 7) is -0.0666. The monoisotopic (exact) mass is 170 g/mol. The Labute approximate surface area is 70.5 Å². The van der Waals surface area contributed by atoms with Crippen LogP contribution in [0.5, 0.6) is 0 Å². The molecule has 1 heterocycles. The maximum atomic E-state index is 8.78. The molecule has 6 heteroatoms. The molecule has 1 aliphatic rings. The van der Waals surface area contributed by atoms with Crippen LogP contribution in [0.25, 0.3) is 0 Å². The predicted octanol–water partition coefficient (Wildman–Crippen LogP) is -0.676. The van der Waals surface area contributed by atoms with Crippen LogP contribution in [-0.4, -0.2) is 45.3 Å². The maximum Gasteiger partial charge on any atom is 0.144 e. The highest BCUT2D eigenvalue weighted by Crippen LogP contribution is 2.25. The minimum atomic E-state index is -0.325. The summed E-state index contributed by atoms with van der Waals surface area (Å²) in [6, 6.07) is -0.325. The number of ether oxygens (including phenoxy) is 1. The zero-order valence-corrected chi connectivity index (χ0v) is 7.06. The summed E-state index contributed by atoms with van der Waals surface area (Å²) in [5.41, 5.74) is 0. The van der Waals surface area contributed by atoms with Crippen molar-refractivity contribution < 1.29 is 14.4 Å². The quantitative estimate of drug-likeness (QED) is 0.450. The Bertz CT molecular complexity index is 126. The van der Waals surface area contributed by atoms with E-state index in [1.807, 2.05) is 0 Å².